The van der Waals surface area contributed by atoms with Crippen molar-refractivity contribution in [2.24, 2.45) is 0 Å². The molecule has 1 aromatic carbocycles. The number of hydrogen-bond acceptors (Lipinski definition) is 5. The Hall–Kier alpha value is -2.36. The molecule has 0 bridgehead atoms. The van der Waals surface area contributed by atoms with Gasteiger partial charge in [0, 0.05) is 43.3 Å². The summed E-state index contributed by atoms with van der Waals surface area (Å²) < 4.78 is 37.9. The van der Waals surface area contributed by atoms with Crippen molar-refractivity contribution in [2.45, 2.75) is 38.0 Å². The van der Waals surface area contributed by atoms with Crippen molar-refractivity contribution >= 4 is 17.3 Å². The van der Waals surface area contributed by atoms with Gasteiger partial charge in [0.15, 0.2) is 0 Å². The normalized spacial score (nSPS) is 21.2. The fraction of sp³-hybridized carbons (Fsp3) is 0.588. The van der Waals surface area contributed by atoms with Crippen LogP contribution in [0, 0.1) is 10.1 Å². The molecule has 1 atom stereocenters. The fourth-order valence-corrected chi connectivity index (χ4v) is 3.25. The van der Waals surface area contributed by atoms with Gasteiger partial charge in [-0.15, -0.1) is 0 Å². The van der Waals surface area contributed by atoms with E-state index >= 15 is 0 Å². The van der Waals surface area contributed by atoms with Gasteiger partial charge >= 0.3 is 6.18 Å². The van der Waals surface area contributed by atoms with E-state index in [1.807, 2.05) is 0 Å². The molecule has 2 aliphatic rings. The van der Waals surface area contributed by atoms with Crippen LogP contribution in [0.3, 0.4) is 0 Å². The van der Waals surface area contributed by atoms with E-state index in [4.69, 9.17) is 0 Å². The number of carbonyl (C=O) groups is 1. The van der Waals surface area contributed by atoms with Crippen LogP contribution >= 0.6 is 0 Å². The zero-order valence-corrected chi connectivity index (χ0v) is 14.8. The van der Waals surface area contributed by atoms with Crippen molar-refractivity contribution in [1.82, 2.24) is 10.2 Å². The third kappa shape index (κ3) is 4.88. The van der Waals surface area contributed by atoms with Gasteiger partial charge in [0.25, 0.3) is 11.6 Å². The molecule has 0 radical (unpaired) electrons. The maximum Gasteiger partial charge on any atom is 0.401 e. The molecule has 10 heteroatoms. The van der Waals surface area contributed by atoms with Gasteiger partial charge in [-0.05, 0) is 31.9 Å². The molecule has 1 aliphatic heterocycles. The highest BCUT2D eigenvalue weighted by molar-refractivity contribution is 5.96. The molecular formula is C17H21F3N4O3. The molecule has 1 amide bonds. The van der Waals surface area contributed by atoms with Crippen molar-refractivity contribution in [3.63, 3.8) is 0 Å². The van der Waals surface area contributed by atoms with Crippen LogP contribution in [-0.2, 0) is 0 Å². The van der Waals surface area contributed by atoms with Crippen molar-refractivity contribution in [2.75, 3.05) is 31.1 Å². The Morgan fingerprint density at radius 3 is 2.59 bits per heavy atom. The first-order chi connectivity index (χ1) is 12.6. The monoisotopic (exact) mass is 386 g/mol. The van der Waals surface area contributed by atoms with E-state index in [2.05, 4.69) is 5.32 Å². The van der Waals surface area contributed by atoms with Crippen molar-refractivity contribution in [3.05, 3.63) is 33.9 Å². The lowest BCUT2D eigenvalue weighted by Gasteiger charge is -2.40. The summed E-state index contributed by atoms with van der Waals surface area (Å²) in [6, 6.07) is 4.00. The Bertz CT molecular complexity index is 737. The van der Waals surface area contributed by atoms with Gasteiger partial charge < -0.3 is 10.2 Å². The molecule has 0 aromatic heterocycles. The van der Waals surface area contributed by atoms with Gasteiger partial charge in [0.05, 0.1) is 11.5 Å². The van der Waals surface area contributed by atoms with E-state index in [-0.39, 0.29) is 42.8 Å². The summed E-state index contributed by atoms with van der Waals surface area (Å²) in [5, 5.41) is 14.3. The summed E-state index contributed by atoms with van der Waals surface area (Å²) in [7, 11) is 0. The molecule has 148 valence electrons. The number of carbonyl (C=O) groups excluding carboxylic acids is 1. The molecule has 1 unspecified atom stereocenters. The number of piperazine rings is 1. The smallest absolute Gasteiger partial charge is 0.363 e. The van der Waals surface area contributed by atoms with Crippen LogP contribution in [0.25, 0.3) is 0 Å². The van der Waals surface area contributed by atoms with E-state index in [9.17, 15) is 28.1 Å². The highest BCUT2D eigenvalue weighted by atomic mass is 19.4. The average molecular weight is 386 g/mol. The summed E-state index contributed by atoms with van der Waals surface area (Å²) in [6.45, 7) is 1.31. The SMILES string of the molecule is CC1CN(c2ccc(C(=O)NC3CC3)cc2[N+](=O)[O-])CCN1CC(F)(F)F. The first-order valence-electron chi connectivity index (χ1n) is 8.79. The summed E-state index contributed by atoms with van der Waals surface area (Å²) in [5.74, 6) is -0.351. The number of hydrogen-bond donors (Lipinski definition) is 1. The molecule has 1 aliphatic carbocycles. The van der Waals surface area contributed by atoms with E-state index < -0.39 is 23.7 Å². The van der Waals surface area contributed by atoms with Crippen molar-refractivity contribution < 1.29 is 22.9 Å². The molecule has 0 spiro atoms. The molecule has 7 nitrogen and oxygen atoms in total. The van der Waals surface area contributed by atoms with Crippen molar-refractivity contribution in [1.29, 1.82) is 0 Å². The Balaban J connectivity index is 1.76. The quantitative estimate of drug-likeness (QED) is 0.622. The Kier molecular flexibility index (Phi) is 5.27. The molecule has 2 fully saturated rings. The topological polar surface area (TPSA) is 78.7 Å². The maximum absolute atomic E-state index is 12.6. The van der Waals surface area contributed by atoms with Gasteiger partial charge in [-0.2, -0.15) is 13.2 Å². The van der Waals surface area contributed by atoms with Crippen LogP contribution in [-0.4, -0.2) is 60.2 Å². The molecule has 1 aromatic rings. The number of nitro benzene ring substituents is 1. The van der Waals surface area contributed by atoms with Gasteiger partial charge in [-0.25, -0.2) is 0 Å². The molecule has 27 heavy (non-hydrogen) atoms. The fourth-order valence-electron chi connectivity index (χ4n) is 3.25. The Morgan fingerprint density at radius 2 is 2.04 bits per heavy atom. The lowest BCUT2D eigenvalue weighted by Crippen LogP contribution is -2.54. The second-order valence-electron chi connectivity index (χ2n) is 7.09. The first kappa shape index (κ1) is 19.4. The summed E-state index contributed by atoms with van der Waals surface area (Å²) in [6.07, 6.45) is -2.46. The number of amides is 1. The van der Waals surface area contributed by atoms with Crippen LogP contribution in [0.1, 0.15) is 30.1 Å². The minimum absolute atomic E-state index is 0.138. The highest BCUT2D eigenvalue weighted by Gasteiger charge is 2.36. The summed E-state index contributed by atoms with van der Waals surface area (Å²) >= 11 is 0. The zero-order valence-electron chi connectivity index (χ0n) is 14.8. The van der Waals surface area contributed by atoms with Crippen LogP contribution in [0.4, 0.5) is 24.5 Å². The van der Waals surface area contributed by atoms with E-state index in [0.717, 1.165) is 12.8 Å². The predicted molar refractivity (Wildman–Crippen MR) is 92.9 cm³/mol. The van der Waals surface area contributed by atoms with Crippen LogP contribution in [0.5, 0.6) is 0 Å². The number of nitrogens with zero attached hydrogens (tertiary/aromatic N) is 3. The third-order valence-corrected chi connectivity index (χ3v) is 4.84. The van der Waals surface area contributed by atoms with Crippen LogP contribution < -0.4 is 10.2 Å². The van der Waals surface area contributed by atoms with E-state index in [1.165, 1.54) is 23.1 Å². The largest absolute Gasteiger partial charge is 0.401 e. The second kappa shape index (κ2) is 7.34. The summed E-state index contributed by atoms with van der Waals surface area (Å²) in [4.78, 5) is 26.1. The third-order valence-electron chi connectivity index (χ3n) is 4.84. The lowest BCUT2D eigenvalue weighted by atomic mass is 10.1. The lowest BCUT2D eigenvalue weighted by molar-refractivity contribution is -0.384. The van der Waals surface area contributed by atoms with Gasteiger partial charge in [0.2, 0.25) is 0 Å². The second-order valence-corrected chi connectivity index (χ2v) is 7.09. The number of nitrogens with one attached hydrogen (secondary N) is 1. The molecular weight excluding hydrogens is 365 g/mol. The van der Waals surface area contributed by atoms with Gasteiger partial charge in [-0.1, -0.05) is 0 Å². The number of nitro groups is 1. The number of benzene rings is 1. The van der Waals surface area contributed by atoms with Crippen LogP contribution in [0.15, 0.2) is 18.2 Å². The Morgan fingerprint density at radius 1 is 1.33 bits per heavy atom. The number of anilines is 1. The van der Waals surface area contributed by atoms with Gasteiger partial charge in [-0.3, -0.25) is 19.8 Å². The number of rotatable bonds is 5. The molecule has 1 heterocycles. The number of alkyl halides is 3. The van der Waals surface area contributed by atoms with Crippen molar-refractivity contribution in [3.8, 4) is 0 Å². The average Bonchev–Trinajstić information content (AvgIpc) is 3.39. The minimum atomic E-state index is -4.28. The molecule has 3 rings (SSSR count). The number of halogens is 3. The molecule has 1 saturated carbocycles. The molecule has 1 saturated heterocycles. The van der Waals surface area contributed by atoms with Crippen LogP contribution in [0.2, 0.25) is 0 Å². The Labute approximate surface area is 154 Å². The van der Waals surface area contributed by atoms with E-state index in [1.54, 1.807) is 11.8 Å². The van der Waals surface area contributed by atoms with E-state index in [0.29, 0.717) is 5.69 Å². The van der Waals surface area contributed by atoms with Gasteiger partial charge in [0.1, 0.15) is 5.69 Å². The predicted octanol–water partition coefficient (Wildman–Crippen LogP) is 2.56. The highest BCUT2D eigenvalue weighted by Crippen LogP contribution is 2.32. The first-order valence-corrected chi connectivity index (χ1v) is 8.79. The maximum atomic E-state index is 12.6. The molecule has 1 N–H and O–H groups in total. The minimum Gasteiger partial charge on any atom is -0.363 e. The summed E-state index contributed by atoms with van der Waals surface area (Å²) in [5.41, 5.74) is 0.317. The standard InChI is InChI=1S/C17H21F3N4O3/c1-11-9-22(6-7-23(11)10-17(18,19)20)14-5-2-12(8-15(14)24(26)27)16(25)21-13-3-4-13/h2,5,8,11,13H,3-4,6-7,9-10H2,1H3,(H,21,25). The zero-order chi connectivity index (χ0) is 19.8.